The lowest BCUT2D eigenvalue weighted by atomic mass is 9.48. The van der Waals surface area contributed by atoms with Gasteiger partial charge in [-0.2, -0.15) is 0 Å². The average Bonchev–Trinajstić information content (AvgIpc) is 2.94. The van der Waals surface area contributed by atoms with Gasteiger partial charge in [0.25, 0.3) is 0 Å². The molecule has 0 aromatic heterocycles. The summed E-state index contributed by atoms with van der Waals surface area (Å²) in [5.41, 5.74) is 9.74. The smallest absolute Gasteiger partial charge is 0.00382 e. The normalized spacial score (nSPS) is 44.8. The van der Waals surface area contributed by atoms with Gasteiger partial charge in [-0.3, -0.25) is 0 Å². The molecule has 140 valence electrons. The Labute approximate surface area is 155 Å². The van der Waals surface area contributed by atoms with E-state index in [-0.39, 0.29) is 0 Å². The van der Waals surface area contributed by atoms with Crippen LogP contribution in [-0.4, -0.2) is 6.54 Å². The molecule has 0 radical (unpaired) electrons. The van der Waals surface area contributed by atoms with Gasteiger partial charge in [-0.15, -0.1) is 0 Å². The predicted octanol–water partition coefficient (Wildman–Crippen LogP) is 6.27. The highest BCUT2D eigenvalue weighted by Gasteiger charge is 2.57. The Morgan fingerprint density at radius 2 is 1.88 bits per heavy atom. The number of hydrogen-bond acceptors (Lipinski definition) is 1. The van der Waals surface area contributed by atoms with Crippen LogP contribution in [0.2, 0.25) is 0 Å². The van der Waals surface area contributed by atoms with Crippen LogP contribution in [0.15, 0.2) is 36.0 Å². The van der Waals surface area contributed by atoms with E-state index >= 15 is 0 Å². The molecule has 25 heavy (non-hydrogen) atoms. The Balaban J connectivity index is 0.000000880. The molecule has 0 spiro atoms. The van der Waals surface area contributed by atoms with Gasteiger partial charge in [0.15, 0.2) is 0 Å². The van der Waals surface area contributed by atoms with Crippen LogP contribution < -0.4 is 5.73 Å². The molecule has 0 amide bonds. The van der Waals surface area contributed by atoms with Crippen LogP contribution in [0.1, 0.15) is 72.6 Å². The molecule has 2 fully saturated rings. The second-order valence-electron chi connectivity index (χ2n) is 9.22. The SMILES string of the molecule is C=C1C=C2C=CC3C(CCC4(C)C(CCN)CCC34)C2(C)CC1.CC. The molecule has 0 aliphatic heterocycles. The Morgan fingerprint density at radius 1 is 1.12 bits per heavy atom. The van der Waals surface area contributed by atoms with E-state index < -0.39 is 0 Å². The first kappa shape index (κ1) is 19.0. The summed E-state index contributed by atoms with van der Waals surface area (Å²) in [6, 6.07) is 0. The molecule has 0 bridgehead atoms. The molecule has 4 aliphatic carbocycles. The van der Waals surface area contributed by atoms with Gasteiger partial charge >= 0.3 is 0 Å². The molecule has 0 aromatic rings. The van der Waals surface area contributed by atoms with Crippen molar-refractivity contribution < 1.29 is 0 Å². The first-order valence-electron chi connectivity index (χ1n) is 10.8. The molecule has 1 heteroatoms. The molecule has 6 atom stereocenters. The molecule has 4 aliphatic rings. The number of nitrogens with two attached hydrogens (primary N) is 1. The minimum Gasteiger partial charge on any atom is -0.330 e. The summed E-state index contributed by atoms with van der Waals surface area (Å²) in [4.78, 5) is 0. The number of allylic oxidation sites excluding steroid dienone is 5. The lowest BCUT2D eigenvalue weighted by molar-refractivity contribution is -0.0147. The van der Waals surface area contributed by atoms with E-state index in [1.54, 1.807) is 5.57 Å². The summed E-state index contributed by atoms with van der Waals surface area (Å²) >= 11 is 0. The fraction of sp³-hybridized carbons (Fsp3) is 0.750. The van der Waals surface area contributed by atoms with Crippen LogP contribution in [0, 0.1) is 34.5 Å². The van der Waals surface area contributed by atoms with Crippen molar-refractivity contribution in [3.63, 3.8) is 0 Å². The van der Waals surface area contributed by atoms with Crippen molar-refractivity contribution in [2.75, 3.05) is 6.54 Å². The zero-order valence-corrected chi connectivity index (χ0v) is 17.0. The van der Waals surface area contributed by atoms with Crippen molar-refractivity contribution in [3.05, 3.63) is 36.0 Å². The second-order valence-corrected chi connectivity index (χ2v) is 9.22. The molecule has 6 unspecified atom stereocenters. The van der Waals surface area contributed by atoms with Crippen LogP contribution >= 0.6 is 0 Å². The predicted molar refractivity (Wildman–Crippen MR) is 109 cm³/mol. The summed E-state index contributed by atoms with van der Waals surface area (Å²) in [5, 5.41) is 0. The molecule has 2 N–H and O–H groups in total. The van der Waals surface area contributed by atoms with Crippen molar-refractivity contribution in [3.8, 4) is 0 Å². The molecule has 0 saturated heterocycles. The van der Waals surface area contributed by atoms with Gasteiger partial charge in [-0.25, -0.2) is 0 Å². The zero-order valence-electron chi connectivity index (χ0n) is 17.0. The lowest BCUT2D eigenvalue weighted by Crippen LogP contribution is -2.48. The van der Waals surface area contributed by atoms with Gasteiger partial charge in [0, 0.05) is 0 Å². The molecular weight excluding hydrogens is 302 g/mol. The Kier molecular flexibility index (Phi) is 5.36. The fourth-order valence-corrected chi connectivity index (χ4v) is 6.87. The van der Waals surface area contributed by atoms with E-state index in [0.717, 1.165) is 30.2 Å². The third kappa shape index (κ3) is 2.87. The van der Waals surface area contributed by atoms with E-state index in [0.29, 0.717) is 10.8 Å². The van der Waals surface area contributed by atoms with Gasteiger partial charge in [-0.05, 0) is 91.6 Å². The average molecular weight is 342 g/mol. The molecule has 2 saturated carbocycles. The summed E-state index contributed by atoms with van der Waals surface area (Å²) < 4.78 is 0. The monoisotopic (exact) mass is 341 g/mol. The summed E-state index contributed by atoms with van der Waals surface area (Å²) in [7, 11) is 0. The Morgan fingerprint density at radius 3 is 2.60 bits per heavy atom. The standard InChI is InChI=1S/C22H33N.C2H6/c1-15-8-11-22(3)17(14-15)4-6-18-19-7-5-16(10-13-23)21(19,2)12-9-20(18)22;1-2/h4,6,14,16,18-20H,1,5,7-13,23H2,2-3H3;1-2H3. The maximum atomic E-state index is 5.91. The minimum absolute atomic E-state index is 0.397. The fourth-order valence-electron chi connectivity index (χ4n) is 6.87. The molecule has 0 aromatic carbocycles. The second kappa shape index (κ2) is 7.06. The van der Waals surface area contributed by atoms with E-state index in [2.05, 4.69) is 38.7 Å². The zero-order chi connectivity index (χ0) is 18.2. The summed E-state index contributed by atoms with van der Waals surface area (Å²) in [6.07, 6.45) is 16.8. The summed E-state index contributed by atoms with van der Waals surface area (Å²) in [6.45, 7) is 14.2. The van der Waals surface area contributed by atoms with Crippen molar-refractivity contribution in [2.45, 2.75) is 72.6 Å². The highest BCUT2D eigenvalue weighted by atomic mass is 14.6. The molecular formula is C24H39N. The van der Waals surface area contributed by atoms with Gasteiger partial charge in [0.1, 0.15) is 0 Å². The highest BCUT2D eigenvalue weighted by molar-refractivity contribution is 5.41. The molecule has 0 heterocycles. The summed E-state index contributed by atoms with van der Waals surface area (Å²) in [5.74, 6) is 3.40. The van der Waals surface area contributed by atoms with Crippen LogP contribution in [0.4, 0.5) is 0 Å². The Hall–Kier alpha value is -0.820. The van der Waals surface area contributed by atoms with Crippen molar-refractivity contribution in [2.24, 2.45) is 40.2 Å². The first-order valence-corrected chi connectivity index (χ1v) is 10.8. The number of fused-ring (bicyclic) bond motifs is 5. The van der Waals surface area contributed by atoms with E-state index in [9.17, 15) is 0 Å². The van der Waals surface area contributed by atoms with Crippen LogP contribution in [0.5, 0.6) is 0 Å². The lowest BCUT2D eigenvalue weighted by Gasteiger charge is -2.56. The van der Waals surface area contributed by atoms with Crippen molar-refractivity contribution in [1.82, 2.24) is 0 Å². The first-order chi connectivity index (χ1) is 12.0. The number of hydrogen-bond donors (Lipinski definition) is 1. The number of rotatable bonds is 2. The minimum atomic E-state index is 0.397. The van der Waals surface area contributed by atoms with Crippen LogP contribution in [-0.2, 0) is 0 Å². The molecule has 1 nitrogen and oxygen atoms in total. The van der Waals surface area contributed by atoms with Gasteiger partial charge < -0.3 is 5.73 Å². The topological polar surface area (TPSA) is 26.0 Å². The van der Waals surface area contributed by atoms with E-state index in [4.69, 9.17) is 5.73 Å². The van der Waals surface area contributed by atoms with Crippen molar-refractivity contribution in [1.29, 1.82) is 0 Å². The highest BCUT2D eigenvalue weighted by Crippen LogP contribution is 2.65. The van der Waals surface area contributed by atoms with E-state index in [1.165, 1.54) is 50.5 Å². The van der Waals surface area contributed by atoms with Crippen LogP contribution in [0.3, 0.4) is 0 Å². The van der Waals surface area contributed by atoms with Crippen molar-refractivity contribution >= 4 is 0 Å². The van der Waals surface area contributed by atoms with E-state index in [1.807, 2.05) is 13.8 Å². The Bertz CT molecular complexity index is 571. The van der Waals surface area contributed by atoms with Gasteiger partial charge in [-0.1, -0.05) is 58.1 Å². The van der Waals surface area contributed by atoms with Crippen LogP contribution in [0.25, 0.3) is 0 Å². The largest absolute Gasteiger partial charge is 0.330 e. The third-order valence-electron chi connectivity index (χ3n) is 8.35. The molecule has 4 rings (SSSR count). The maximum absolute atomic E-state index is 5.91. The van der Waals surface area contributed by atoms with Gasteiger partial charge in [0.05, 0.1) is 0 Å². The quantitative estimate of drug-likeness (QED) is 0.629. The van der Waals surface area contributed by atoms with Gasteiger partial charge in [0.2, 0.25) is 0 Å². The maximum Gasteiger partial charge on any atom is -0.00382 e. The third-order valence-corrected chi connectivity index (χ3v) is 8.35.